The summed E-state index contributed by atoms with van der Waals surface area (Å²) >= 11 is 0. The molecule has 0 amide bonds. The van der Waals surface area contributed by atoms with Crippen molar-refractivity contribution < 1.29 is 5.11 Å². The average Bonchev–Trinajstić information content (AvgIpc) is 2.99. The summed E-state index contributed by atoms with van der Waals surface area (Å²) in [6.45, 7) is 8.54. The maximum Gasteiger partial charge on any atom is 0.0692 e. The lowest BCUT2D eigenvalue weighted by atomic mass is 10.0. The monoisotopic (exact) mass is 199 g/mol. The van der Waals surface area contributed by atoms with Gasteiger partial charge in [-0.25, -0.2) is 0 Å². The molecule has 84 valence electrons. The zero-order chi connectivity index (χ0) is 10.6. The van der Waals surface area contributed by atoms with E-state index in [2.05, 4.69) is 25.7 Å². The summed E-state index contributed by atoms with van der Waals surface area (Å²) in [4.78, 5) is 2.47. The Morgan fingerprint density at radius 3 is 2.43 bits per heavy atom. The molecule has 1 aliphatic rings. The van der Waals surface area contributed by atoms with Gasteiger partial charge in [0.25, 0.3) is 0 Å². The van der Waals surface area contributed by atoms with Crippen molar-refractivity contribution >= 4 is 0 Å². The second-order valence-corrected chi connectivity index (χ2v) is 4.68. The number of aliphatic hydroxyl groups is 1. The highest BCUT2D eigenvalue weighted by Gasteiger charge is 2.30. The van der Waals surface area contributed by atoms with E-state index in [9.17, 15) is 5.11 Å². The van der Waals surface area contributed by atoms with E-state index in [1.165, 1.54) is 19.3 Å². The minimum atomic E-state index is -0.132. The topological polar surface area (TPSA) is 23.5 Å². The highest BCUT2D eigenvalue weighted by molar-refractivity contribution is 4.86. The summed E-state index contributed by atoms with van der Waals surface area (Å²) in [6, 6.07) is 0.786. The minimum Gasteiger partial charge on any atom is -0.392 e. The van der Waals surface area contributed by atoms with Crippen molar-refractivity contribution in [3.63, 3.8) is 0 Å². The number of hydrogen-bond donors (Lipinski definition) is 1. The molecule has 1 N–H and O–H groups in total. The van der Waals surface area contributed by atoms with E-state index in [1.54, 1.807) is 0 Å². The van der Waals surface area contributed by atoms with Crippen LogP contribution in [0, 0.1) is 5.92 Å². The Hall–Kier alpha value is -0.0800. The Bertz CT molecular complexity index is 156. The molecule has 0 heterocycles. The van der Waals surface area contributed by atoms with Gasteiger partial charge in [0, 0.05) is 12.6 Å². The van der Waals surface area contributed by atoms with Crippen LogP contribution in [0.25, 0.3) is 0 Å². The average molecular weight is 199 g/mol. The molecule has 1 aliphatic carbocycles. The highest BCUT2D eigenvalue weighted by atomic mass is 16.3. The molecule has 1 fully saturated rings. The molecule has 14 heavy (non-hydrogen) atoms. The van der Waals surface area contributed by atoms with Gasteiger partial charge in [-0.1, -0.05) is 27.2 Å². The van der Waals surface area contributed by atoms with Gasteiger partial charge < -0.3 is 5.11 Å². The van der Waals surface area contributed by atoms with Crippen LogP contribution < -0.4 is 0 Å². The zero-order valence-electron chi connectivity index (χ0n) is 9.87. The Balaban J connectivity index is 2.30. The fourth-order valence-electron chi connectivity index (χ4n) is 1.84. The zero-order valence-corrected chi connectivity index (χ0v) is 9.87. The second kappa shape index (κ2) is 5.72. The van der Waals surface area contributed by atoms with Crippen LogP contribution in [-0.2, 0) is 0 Å². The predicted octanol–water partition coefficient (Wildman–Crippen LogP) is 2.27. The molecule has 0 aromatic heterocycles. The standard InChI is InChI=1S/C12H25NO/c1-4-8-13(11-6-7-11)9-12(14)10(3)5-2/h10-12,14H,4-9H2,1-3H3. The van der Waals surface area contributed by atoms with Gasteiger partial charge in [0.05, 0.1) is 6.10 Å². The van der Waals surface area contributed by atoms with E-state index in [0.29, 0.717) is 5.92 Å². The first-order chi connectivity index (χ1) is 6.69. The van der Waals surface area contributed by atoms with Gasteiger partial charge in [-0.2, -0.15) is 0 Å². The molecule has 0 radical (unpaired) electrons. The summed E-state index contributed by atoms with van der Waals surface area (Å²) in [5, 5.41) is 9.95. The number of hydrogen-bond acceptors (Lipinski definition) is 2. The molecule has 0 aliphatic heterocycles. The lowest BCUT2D eigenvalue weighted by molar-refractivity contribution is 0.0653. The van der Waals surface area contributed by atoms with Crippen LogP contribution in [-0.4, -0.2) is 35.2 Å². The van der Waals surface area contributed by atoms with Crippen molar-refractivity contribution in [1.29, 1.82) is 0 Å². The van der Waals surface area contributed by atoms with Gasteiger partial charge in [0.2, 0.25) is 0 Å². The molecule has 0 spiro atoms. The van der Waals surface area contributed by atoms with Crippen molar-refractivity contribution in [2.75, 3.05) is 13.1 Å². The summed E-state index contributed by atoms with van der Waals surface area (Å²) in [5.41, 5.74) is 0. The van der Waals surface area contributed by atoms with Crippen LogP contribution in [0.4, 0.5) is 0 Å². The first-order valence-corrected chi connectivity index (χ1v) is 6.11. The fourth-order valence-corrected chi connectivity index (χ4v) is 1.84. The van der Waals surface area contributed by atoms with Crippen molar-refractivity contribution in [2.45, 2.75) is 58.6 Å². The van der Waals surface area contributed by atoms with Gasteiger partial charge in [-0.15, -0.1) is 0 Å². The van der Waals surface area contributed by atoms with Gasteiger partial charge in [0.15, 0.2) is 0 Å². The molecule has 0 aromatic rings. The maximum atomic E-state index is 9.95. The smallest absolute Gasteiger partial charge is 0.0692 e. The van der Waals surface area contributed by atoms with Crippen LogP contribution in [0.1, 0.15) is 46.5 Å². The SMILES string of the molecule is CCCN(CC(O)C(C)CC)C1CC1. The van der Waals surface area contributed by atoms with Gasteiger partial charge in [-0.05, 0) is 31.7 Å². The van der Waals surface area contributed by atoms with E-state index in [-0.39, 0.29) is 6.10 Å². The summed E-state index contributed by atoms with van der Waals surface area (Å²) in [5.74, 6) is 0.438. The van der Waals surface area contributed by atoms with Crippen molar-refractivity contribution in [2.24, 2.45) is 5.92 Å². The van der Waals surface area contributed by atoms with Crippen molar-refractivity contribution in [1.82, 2.24) is 4.90 Å². The summed E-state index contributed by atoms with van der Waals surface area (Å²) in [7, 11) is 0. The molecule has 2 nitrogen and oxygen atoms in total. The Morgan fingerprint density at radius 1 is 1.36 bits per heavy atom. The molecule has 2 atom stereocenters. The lowest BCUT2D eigenvalue weighted by Crippen LogP contribution is -2.37. The molecule has 0 saturated heterocycles. The first kappa shape index (κ1) is 12.0. The van der Waals surface area contributed by atoms with Crippen LogP contribution >= 0.6 is 0 Å². The molecule has 1 rings (SSSR count). The van der Waals surface area contributed by atoms with E-state index in [0.717, 1.165) is 25.6 Å². The second-order valence-electron chi connectivity index (χ2n) is 4.68. The highest BCUT2D eigenvalue weighted by Crippen LogP contribution is 2.27. The van der Waals surface area contributed by atoms with Gasteiger partial charge in [0.1, 0.15) is 0 Å². The van der Waals surface area contributed by atoms with E-state index in [1.807, 2.05) is 0 Å². The summed E-state index contributed by atoms with van der Waals surface area (Å²) < 4.78 is 0. The molecular formula is C12H25NO. The molecule has 0 bridgehead atoms. The molecule has 1 saturated carbocycles. The molecular weight excluding hydrogens is 174 g/mol. The number of rotatable bonds is 7. The largest absolute Gasteiger partial charge is 0.392 e. The Kier molecular flexibility index (Phi) is 4.90. The number of aliphatic hydroxyl groups excluding tert-OH is 1. The van der Waals surface area contributed by atoms with E-state index in [4.69, 9.17) is 0 Å². The third-order valence-corrected chi connectivity index (χ3v) is 3.30. The van der Waals surface area contributed by atoms with Gasteiger partial charge >= 0.3 is 0 Å². The van der Waals surface area contributed by atoms with Crippen LogP contribution in [0.2, 0.25) is 0 Å². The lowest BCUT2D eigenvalue weighted by Gasteiger charge is -2.27. The minimum absolute atomic E-state index is 0.132. The first-order valence-electron chi connectivity index (χ1n) is 6.11. The number of nitrogens with zero attached hydrogens (tertiary/aromatic N) is 1. The molecule has 2 unspecified atom stereocenters. The van der Waals surface area contributed by atoms with E-state index < -0.39 is 0 Å². The maximum absolute atomic E-state index is 9.95. The Labute approximate surface area is 88.3 Å². The molecule has 2 heteroatoms. The van der Waals surface area contributed by atoms with Crippen molar-refractivity contribution in [3.05, 3.63) is 0 Å². The normalized spacial score (nSPS) is 21.2. The Morgan fingerprint density at radius 2 is 2.00 bits per heavy atom. The van der Waals surface area contributed by atoms with Gasteiger partial charge in [-0.3, -0.25) is 4.90 Å². The fraction of sp³-hybridized carbons (Fsp3) is 1.00. The molecule has 0 aromatic carbocycles. The summed E-state index contributed by atoms with van der Waals surface area (Å²) in [6.07, 6.45) is 4.82. The quantitative estimate of drug-likeness (QED) is 0.680. The van der Waals surface area contributed by atoms with Crippen LogP contribution in [0.3, 0.4) is 0 Å². The van der Waals surface area contributed by atoms with Crippen LogP contribution in [0.15, 0.2) is 0 Å². The third-order valence-electron chi connectivity index (χ3n) is 3.30. The van der Waals surface area contributed by atoms with E-state index >= 15 is 0 Å². The van der Waals surface area contributed by atoms with Crippen LogP contribution in [0.5, 0.6) is 0 Å². The predicted molar refractivity (Wildman–Crippen MR) is 60.3 cm³/mol. The third kappa shape index (κ3) is 3.58. The van der Waals surface area contributed by atoms with Crippen molar-refractivity contribution in [3.8, 4) is 0 Å².